The molecule has 0 saturated heterocycles. The molecule has 0 saturated carbocycles. The van der Waals surface area contributed by atoms with Crippen molar-refractivity contribution in [3.8, 4) is 0 Å². The van der Waals surface area contributed by atoms with Gasteiger partial charge in [-0.2, -0.15) is 0 Å². The third kappa shape index (κ3) is 5.04. The number of aryl methyl sites for hydroxylation is 1. The summed E-state index contributed by atoms with van der Waals surface area (Å²) < 4.78 is 0. The number of halogens is 2. The Morgan fingerprint density at radius 1 is 1.05 bits per heavy atom. The summed E-state index contributed by atoms with van der Waals surface area (Å²) in [4.78, 5) is 8.78. The Morgan fingerprint density at radius 3 is 2.45 bits per heavy atom. The fourth-order valence-corrected chi connectivity index (χ4v) is 2.23. The van der Waals surface area contributed by atoms with Crippen LogP contribution in [0, 0.1) is 12.8 Å². The minimum Gasteiger partial charge on any atom is -0.370 e. The summed E-state index contributed by atoms with van der Waals surface area (Å²) in [5.74, 6) is 2.90. The molecule has 22 heavy (non-hydrogen) atoms. The number of hydrogen-bond donors (Lipinski definition) is 2. The van der Waals surface area contributed by atoms with Gasteiger partial charge in [0.05, 0.1) is 10.0 Å². The molecule has 0 atom stereocenters. The Kier molecular flexibility index (Phi) is 5.86. The number of rotatable bonds is 6. The molecule has 1 aromatic heterocycles. The van der Waals surface area contributed by atoms with Crippen molar-refractivity contribution < 1.29 is 0 Å². The van der Waals surface area contributed by atoms with Crippen LogP contribution in [0.3, 0.4) is 0 Å². The van der Waals surface area contributed by atoms with Crippen LogP contribution in [0.15, 0.2) is 24.3 Å². The van der Waals surface area contributed by atoms with Gasteiger partial charge in [0, 0.05) is 18.3 Å². The first-order valence-corrected chi connectivity index (χ1v) is 8.01. The molecule has 118 valence electrons. The second-order valence-electron chi connectivity index (χ2n) is 5.55. The third-order valence-corrected chi connectivity index (χ3v) is 3.80. The number of anilines is 3. The van der Waals surface area contributed by atoms with E-state index in [4.69, 9.17) is 23.2 Å². The monoisotopic (exact) mass is 338 g/mol. The molecule has 0 unspecified atom stereocenters. The minimum atomic E-state index is 0.507. The predicted molar refractivity (Wildman–Crippen MR) is 94.5 cm³/mol. The summed E-state index contributed by atoms with van der Waals surface area (Å²) in [6, 6.07) is 7.27. The summed E-state index contributed by atoms with van der Waals surface area (Å²) in [6.07, 6.45) is 1.10. The molecule has 0 amide bonds. The summed E-state index contributed by atoms with van der Waals surface area (Å²) in [6.45, 7) is 7.16. The van der Waals surface area contributed by atoms with E-state index in [1.807, 2.05) is 19.1 Å². The zero-order chi connectivity index (χ0) is 16.1. The molecule has 0 aliphatic carbocycles. The van der Waals surface area contributed by atoms with Gasteiger partial charge < -0.3 is 10.6 Å². The van der Waals surface area contributed by atoms with Crippen LogP contribution in [-0.2, 0) is 0 Å². The van der Waals surface area contributed by atoms with Crippen molar-refractivity contribution in [1.82, 2.24) is 9.97 Å². The molecule has 1 aromatic carbocycles. The largest absolute Gasteiger partial charge is 0.370 e. The topological polar surface area (TPSA) is 49.8 Å². The van der Waals surface area contributed by atoms with Gasteiger partial charge in [-0.3, -0.25) is 0 Å². The highest BCUT2D eigenvalue weighted by Gasteiger charge is 2.05. The van der Waals surface area contributed by atoms with Gasteiger partial charge >= 0.3 is 0 Å². The lowest BCUT2D eigenvalue weighted by Gasteiger charge is -2.11. The molecule has 6 heteroatoms. The summed E-state index contributed by atoms with van der Waals surface area (Å²) >= 11 is 11.9. The summed E-state index contributed by atoms with van der Waals surface area (Å²) in [5.41, 5.74) is 0.834. The zero-order valence-corrected chi connectivity index (χ0v) is 14.5. The molecular formula is C16H20Cl2N4. The molecule has 0 fully saturated rings. The second-order valence-corrected chi connectivity index (χ2v) is 6.36. The van der Waals surface area contributed by atoms with Gasteiger partial charge in [0.1, 0.15) is 17.5 Å². The van der Waals surface area contributed by atoms with E-state index >= 15 is 0 Å². The van der Waals surface area contributed by atoms with Gasteiger partial charge in [0.15, 0.2) is 0 Å². The van der Waals surface area contributed by atoms with E-state index in [1.165, 1.54) is 0 Å². The van der Waals surface area contributed by atoms with Crippen LogP contribution in [0.25, 0.3) is 0 Å². The van der Waals surface area contributed by atoms with Crippen molar-refractivity contribution in [2.45, 2.75) is 27.2 Å². The predicted octanol–water partition coefficient (Wildman–Crippen LogP) is 5.29. The maximum Gasteiger partial charge on any atom is 0.136 e. The smallest absolute Gasteiger partial charge is 0.136 e. The molecule has 4 nitrogen and oxygen atoms in total. The van der Waals surface area contributed by atoms with Crippen LogP contribution in [0.4, 0.5) is 17.3 Å². The van der Waals surface area contributed by atoms with Gasteiger partial charge in [0.25, 0.3) is 0 Å². The average Bonchev–Trinajstić information content (AvgIpc) is 2.42. The van der Waals surface area contributed by atoms with Gasteiger partial charge in [-0.25, -0.2) is 9.97 Å². The van der Waals surface area contributed by atoms with E-state index in [9.17, 15) is 0 Å². The first-order valence-electron chi connectivity index (χ1n) is 7.25. The van der Waals surface area contributed by atoms with E-state index in [-0.39, 0.29) is 0 Å². The zero-order valence-electron chi connectivity index (χ0n) is 13.0. The Morgan fingerprint density at radius 2 is 1.77 bits per heavy atom. The fraction of sp³-hybridized carbons (Fsp3) is 0.375. The number of aromatic nitrogens is 2. The molecule has 0 aliphatic heterocycles. The lowest BCUT2D eigenvalue weighted by Crippen LogP contribution is -2.08. The van der Waals surface area contributed by atoms with Crippen molar-refractivity contribution >= 4 is 40.5 Å². The van der Waals surface area contributed by atoms with Crippen LogP contribution in [0.2, 0.25) is 10.0 Å². The number of nitrogens with zero attached hydrogens (tertiary/aromatic N) is 2. The molecule has 0 aliphatic rings. The van der Waals surface area contributed by atoms with Gasteiger partial charge in [0.2, 0.25) is 0 Å². The van der Waals surface area contributed by atoms with Crippen LogP contribution < -0.4 is 10.6 Å². The minimum absolute atomic E-state index is 0.507. The number of benzene rings is 1. The van der Waals surface area contributed by atoms with Crippen LogP contribution in [0.5, 0.6) is 0 Å². The van der Waals surface area contributed by atoms with Crippen LogP contribution in [-0.4, -0.2) is 16.5 Å². The summed E-state index contributed by atoms with van der Waals surface area (Å²) in [7, 11) is 0. The molecule has 0 bridgehead atoms. The first-order chi connectivity index (χ1) is 10.4. The molecule has 0 radical (unpaired) electrons. The molecule has 2 aromatic rings. The highest BCUT2D eigenvalue weighted by molar-refractivity contribution is 6.42. The number of nitrogens with one attached hydrogen (secondary N) is 2. The van der Waals surface area contributed by atoms with Crippen molar-refractivity contribution in [3.63, 3.8) is 0 Å². The molecule has 2 rings (SSSR count). The normalized spacial score (nSPS) is 10.8. The van der Waals surface area contributed by atoms with Gasteiger partial charge in [-0.1, -0.05) is 37.0 Å². The standard InChI is InChI=1S/C16H20Cl2N4/c1-10(2)6-7-19-15-9-16(21-11(3)20-15)22-12-4-5-13(17)14(18)8-12/h4-5,8-10H,6-7H2,1-3H3,(H2,19,20,21,22). The highest BCUT2D eigenvalue weighted by Crippen LogP contribution is 2.27. The lowest BCUT2D eigenvalue weighted by atomic mass is 10.1. The molecule has 0 spiro atoms. The van der Waals surface area contributed by atoms with Crippen LogP contribution >= 0.6 is 23.2 Å². The lowest BCUT2D eigenvalue weighted by molar-refractivity contribution is 0.606. The SMILES string of the molecule is Cc1nc(NCCC(C)C)cc(Nc2ccc(Cl)c(Cl)c2)n1. The van der Waals surface area contributed by atoms with Crippen molar-refractivity contribution in [2.24, 2.45) is 5.92 Å². The Labute approximate surface area is 141 Å². The third-order valence-electron chi connectivity index (χ3n) is 3.06. The highest BCUT2D eigenvalue weighted by atomic mass is 35.5. The molecule has 1 heterocycles. The van der Waals surface area contributed by atoms with Crippen LogP contribution in [0.1, 0.15) is 26.1 Å². The molecular weight excluding hydrogens is 319 g/mol. The first kappa shape index (κ1) is 16.8. The van der Waals surface area contributed by atoms with E-state index in [0.717, 1.165) is 30.3 Å². The van der Waals surface area contributed by atoms with Crippen molar-refractivity contribution in [3.05, 3.63) is 40.1 Å². The quantitative estimate of drug-likeness (QED) is 0.750. The Hall–Kier alpha value is -1.52. The van der Waals surface area contributed by atoms with E-state index in [1.54, 1.807) is 12.1 Å². The molecule has 2 N–H and O–H groups in total. The van der Waals surface area contributed by atoms with Gasteiger partial charge in [-0.05, 0) is 37.5 Å². The van der Waals surface area contributed by atoms with E-state index < -0.39 is 0 Å². The second kappa shape index (κ2) is 7.65. The number of hydrogen-bond acceptors (Lipinski definition) is 4. The maximum absolute atomic E-state index is 6.02. The van der Waals surface area contributed by atoms with E-state index in [0.29, 0.717) is 21.8 Å². The fourth-order valence-electron chi connectivity index (χ4n) is 1.93. The van der Waals surface area contributed by atoms with Gasteiger partial charge in [-0.15, -0.1) is 0 Å². The van der Waals surface area contributed by atoms with Crippen molar-refractivity contribution in [1.29, 1.82) is 0 Å². The Bertz CT molecular complexity index is 644. The van der Waals surface area contributed by atoms with Crippen molar-refractivity contribution in [2.75, 3.05) is 17.2 Å². The maximum atomic E-state index is 6.02. The summed E-state index contributed by atoms with van der Waals surface area (Å²) in [5, 5.41) is 7.58. The van der Waals surface area contributed by atoms with E-state index in [2.05, 4.69) is 34.4 Å². The average molecular weight is 339 g/mol. The Balaban J connectivity index is 2.10.